The minimum Gasteiger partial charge on any atom is -0.497 e. The normalized spacial score (nSPS) is 13.6. The molecule has 0 heterocycles. The molecule has 0 N–H and O–H groups in total. The van der Waals surface area contributed by atoms with E-state index in [4.69, 9.17) is 16.3 Å². The standard InChI is InChI=1S/C14H21ClO/c1-10-8-11(16-5)6-7-12(10)13(15)9-14(2,3)4/h6-8,13H,9H2,1-5H3. The van der Waals surface area contributed by atoms with E-state index in [1.165, 1.54) is 11.1 Å². The summed E-state index contributed by atoms with van der Waals surface area (Å²) in [5.74, 6) is 0.890. The van der Waals surface area contributed by atoms with Crippen LogP contribution in [0, 0.1) is 12.3 Å². The molecule has 0 aliphatic carbocycles. The number of halogens is 1. The SMILES string of the molecule is COc1ccc(C(Cl)CC(C)(C)C)c(C)c1. The lowest BCUT2D eigenvalue weighted by atomic mass is 9.87. The molecule has 1 atom stereocenters. The first-order chi connectivity index (χ1) is 7.33. The molecule has 0 fully saturated rings. The molecule has 0 saturated carbocycles. The van der Waals surface area contributed by atoms with Gasteiger partial charge in [-0.2, -0.15) is 0 Å². The predicted molar refractivity (Wildman–Crippen MR) is 70.4 cm³/mol. The van der Waals surface area contributed by atoms with E-state index in [2.05, 4.69) is 33.8 Å². The van der Waals surface area contributed by atoms with E-state index in [0.29, 0.717) is 0 Å². The van der Waals surface area contributed by atoms with Gasteiger partial charge in [0.05, 0.1) is 12.5 Å². The molecule has 1 nitrogen and oxygen atoms in total. The Bertz CT molecular complexity index is 352. The quantitative estimate of drug-likeness (QED) is 0.695. The molecule has 0 aromatic heterocycles. The average molecular weight is 241 g/mol. The number of benzene rings is 1. The Morgan fingerprint density at radius 2 is 1.94 bits per heavy atom. The molecule has 0 aliphatic rings. The maximum absolute atomic E-state index is 6.45. The summed E-state index contributed by atoms with van der Waals surface area (Å²) in [5.41, 5.74) is 2.65. The van der Waals surface area contributed by atoms with Gasteiger partial charge in [-0.15, -0.1) is 11.6 Å². The van der Waals surface area contributed by atoms with E-state index in [-0.39, 0.29) is 10.8 Å². The number of rotatable bonds is 3. The zero-order chi connectivity index (χ0) is 12.3. The molecular formula is C14H21ClO. The van der Waals surface area contributed by atoms with Gasteiger partial charge in [-0.05, 0) is 42.0 Å². The molecule has 16 heavy (non-hydrogen) atoms. The summed E-state index contributed by atoms with van der Waals surface area (Å²) in [6.45, 7) is 8.71. The Morgan fingerprint density at radius 1 is 1.31 bits per heavy atom. The molecule has 1 rings (SSSR count). The molecule has 1 unspecified atom stereocenters. The van der Waals surface area contributed by atoms with Crippen molar-refractivity contribution in [3.05, 3.63) is 29.3 Å². The third-order valence-corrected chi connectivity index (χ3v) is 3.00. The lowest BCUT2D eigenvalue weighted by molar-refractivity contribution is 0.372. The number of alkyl halides is 1. The maximum Gasteiger partial charge on any atom is 0.119 e. The summed E-state index contributed by atoms with van der Waals surface area (Å²) in [4.78, 5) is 0. The fourth-order valence-corrected chi connectivity index (χ4v) is 2.48. The van der Waals surface area contributed by atoms with Crippen LogP contribution in [0.4, 0.5) is 0 Å². The second kappa shape index (κ2) is 5.09. The highest BCUT2D eigenvalue weighted by Gasteiger charge is 2.19. The fourth-order valence-electron chi connectivity index (χ4n) is 1.77. The minimum absolute atomic E-state index is 0.0749. The largest absolute Gasteiger partial charge is 0.497 e. The molecule has 0 aliphatic heterocycles. The number of hydrogen-bond acceptors (Lipinski definition) is 1. The van der Waals surface area contributed by atoms with E-state index in [1.54, 1.807) is 7.11 Å². The number of aryl methyl sites for hydroxylation is 1. The highest BCUT2D eigenvalue weighted by molar-refractivity contribution is 6.20. The first-order valence-electron chi connectivity index (χ1n) is 5.62. The van der Waals surface area contributed by atoms with E-state index >= 15 is 0 Å². The summed E-state index contributed by atoms with van der Waals surface area (Å²) in [6, 6.07) is 6.07. The summed E-state index contributed by atoms with van der Waals surface area (Å²) >= 11 is 6.45. The first kappa shape index (κ1) is 13.4. The Balaban J connectivity index is 2.88. The van der Waals surface area contributed by atoms with Crippen molar-refractivity contribution < 1.29 is 4.74 Å². The van der Waals surface area contributed by atoms with Gasteiger partial charge in [-0.1, -0.05) is 26.8 Å². The topological polar surface area (TPSA) is 9.23 Å². The Hall–Kier alpha value is -0.690. The summed E-state index contributed by atoms with van der Waals surface area (Å²) < 4.78 is 5.19. The van der Waals surface area contributed by atoms with E-state index in [9.17, 15) is 0 Å². The van der Waals surface area contributed by atoms with Crippen LogP contribution in [0.15, 0.2) is 18.2 Å². The maximum atomic E-state index is 6.45. The Morgan fingerprint density at radius 3 is 2.38 bits per heavy atom. The van der Waals surface area contributed by atoms with Gasteiger partial charge in [0.1, 0.15) is 5.75 Å². The van der Waals surface area contributed by atoms with Gasteiger partial charge in [-0.3, -0.25) is 0 Å². The molecule has 1 aromatic carbocycles. The molecule has 1 aromatic rings. The van der Waals surface area contributed by atoms with Crippen LogP contribution >= 0.6 is 11.6 Å². The molecule has 0 bridgehead atoms. The Labute approximate surface area is 104 Å². The second-order valence-electron chi connectivity index (χ2n) is 5.45. The monoisotopic (exact) mass is 240 g/mol. The zero-order valence-electron chi connectivity index (χ0n) is 10.8. The van der Waals surface area contributed by atoms with Crippen LogP contribution in [0.3, 0.4) is 0 Å². The van der Waals surface area contributed by atoms with Crippen molar-refractivity contribution in [3.8, 4) is 5.75 Å². The van der Waals surface area contributed by atoms with Crippen molar-refractivity contribution in [2.24, 2.45) is 5.41 Å². The van der Waals surface area contributed by atoms with Crippen molar-refractivity contribution in [3.63, 3.8) is 0 Å². The van der Waals surface area contributed by atoms with Crippen LogP contribution in [-0.2, 0) is 0 Å². The van der Waals surface area contributed by atoms with Crippen molar-refractivity contribution in [2.45, 2.75) is 39.5 Å². The number of hydrogen-bond donors (Lipinski definition) is 0. The van der Waals surface area contributed by atoms with Crippen molar-refractivity contribution in [2.75, 3.05) is 7.11 Å². The van der Waals surface area contributed by atoms with Gasteiger partial charge in [0.25, 0.3) is 0 Å². The van der Waals surface area contributed by atoms with Crippen LogP contribution in [0.25, 0.3) is 0 Å². The van der Waals surface area contributed by atoms with Crippen LogP contribution in [0.5, 0.6) is 5.75 Å². The fraction of sp³-hybridized carbons (Fsp3) is 0.571. The van der Waals surface area contributed by atoms with Gasteiger partial charge in [0, 0.05) is 0 Å². The third kappa shape index (κ3) is 3.71. The summed E-state index contributed by atoms with van der Waals surface area (Å²) in [7, 11) is 1.68. The van der Waals surface area contributed by atoms with Gasteiger partial charge in [0.15, 0.2) is 0 Å². The van der Waals surface area contributed by atoms with Crippen LogP contribution in [-0.4, -0.2) is 7.11 Å². The summed E-state index contributed by atoms with van der Waals surface area (Å²) in [5, 5.41) is 0.0749. The van der Waals surface area contributed by atoms with Crippen molar-refractivity contribution >= 4 is 11.6 Å². The highest BCUT2D eigenvalue weighted by atomic mass is 35.5. The van der Waals surface area contributed by atoms with Gasteiger partial charge < -0.3 is 4.74 Å². The molecule has 90 valence electrons. The lowest BCUT2D eigenvalue weighted by Crippen LogP contribution is -2.09. The first-order valence-corrected chi connectivity index (χ1v) is 6.06. The van der Waals surface area contributed by atoms with Gasteiger partial charge in [0.2, 0.25) is 0 Å². The van der Waals surface area contributed by atoms with Crippen LogP contribution in [0.1, 0.15) is 43.7 Å². The van der Waals surface area contributed by atoms with Crippen molar-refractivity contribution in [1.82, 2.24) is 0 Å². The number of ether oxygens (including phenoxy) is 1. The van der Waals surface area contributed by atoms with Crippen LogP contribution < -0.4 is 4.74 Å². The van der Waals surface area contributed by atoms with Gasteiger partial charge >= 0.3 is 0 Å². The van der Waals surface area contributed by atoms with Gasteiger partial charge in [-0.25, -0.2) is 0 Å². The van der Waals surface area contributed by atoms with Crippen LogP contribution in [0.2, 0.25) is 0 Å². The molecular weight excluding hydrogens is 220 g/mol. The minimum atomic E-state index is 0.0749. The van der Waals surface area contributed by atoms with Crippen molar-refractivity contribution in [1.29, 1.82) is 0 Å². The second-order valence-corrected chi connectivity index (χ2v) is 5.98. The molecule has 0 spiro atoms. The lowest BCUT2D eigenvalue weighted by Gasteiger charge is -2.23. The molecule has 2 heteroatoms. The average Bonchev–Trinajstić information content (AvgIpc) is 2.14. The smallest absolute Gasteiger partial charge is 0.119 e. The third-order valence-electron chi connectivity index (χ3n) is 2.61. The molecule has 0 amide bonds. The summed E-state index contributed by atoms with van der Waals surface area (Å²) in [6.07, 6.45) is 0.974. The zero-order valence-corrected chi connectivity index (χ0v) is 11.6. The number of methoxy groups -OCH3 is 1. The highest BCUT2D eigenvalue weighted by Crippen LogP contribution is 2.36. The Kier molecular flexibility index (Phi) is 4.26. The molecule has 0 radical (unpaired) electrons. The predicted octanol–water partition coefficient (Wildman–Crippen LogP) is 4.72. The molecule has 0 saturated heterocycles. The van der Waals surface area contributed by atoms with E-state index < -0.39 is 0 Å². The van der Waals surface area contributed by atoms with E-state index in [0.717, 1.165) is 12.2 Å². The van der Waals surface area contributed by atoms with E-state index in [1.807, 2.05) is 12.1 Å².